The molecule has 0 amide bonds. The van der Waals surface area contributed by atoms with E-state index in [1.54, 1.807) is 6.20 Å². The van der Waals surface area contributed by atoms with Gasteiger partial charge in [0.05, 0.1) is 6.04 Å². The van der Waals surface area contributed by atoms with Gasteiger partial charge >= 0.3 is 0 Å². The van der Waals surface area contributed by atoms with Crippen molar-refractivity contribution >= 4 is 5.65 Å². The van der Waals surface area contributed by atoms with Crippen LogP contribution in [0.4, 0.5) is 0 Å². The summed E-state index contributed by atoms with van der Waals surface area (Å²) >= 11 is 0. The van der Waals surface area contributed by atoms with Gasteiger partial charge in [-0.15, -0.1) is 0 Å². The molecule has 0 aromatic carbocycles. The number of fused-ring (bicyclic) bond motifs is 1. The summed E-state index contributed by atoms with van der Waals surface area (Å²) in [7, 11) is 0. The molecule has 1 unspecified atom stereocenters. The van der Waals surface area contributed by atoms with Crippen molar-refractivity contribution in [3.8, 4) is 0 Å². The zero-order valence-electron chi connectivity index (χ0n) is 7.83. The summed E-state index contributed by atoms with van der Waals surface area (Å²) in [6.07, 6.45) is 5.63. The molecule has 0 saturated carbocycles. The van der Waals surface area contributed by atoms with Crippen LogP contribution in [0.2, 0.25) is 0 Å². The molecule has 2 N–H and O–H groups in total. The van der Waals surface area contributed by atoms with E-state index in [4.69, 9.17) is 5.84 Å². The molecule has 0 bridgehead atoms. The van der Waals surface area contributed by atoms with Gasteiger partial charge in [-0.2, -0.15) is 5.11 Å². The topological polar surface area (TPSA) is 68.0 Å². The Labute approximate surface area is 81.3 Å². The van der Waals surface area contributed by atoms with Crippen molar-refractivity contribution in [2.24, 2.45) is 16.2 Å². The summed E-state index contributed by atoms with van der Waals surface area (Å²) in [6, 6.07) is 3.89. The molecule has 0 spiro atoms. The fourth-order valence-corrected chi connectivity index (χ4v) is 1.35. The van der Waals surface area contributed by atoms with Crippen LogP contribution in [0.3, 0.4) is 0 Å². The Morgan fingerprint density at radius 2 is 2.36 bits per heavy atom. The molecule has 0 saturated heterocycles. The van der Waals surface area contributed by atoms with Crippen molar-refractivity contribution in [1.29, 1.82) is 0 Å². The maximum Gasteiger partial charge on any atom is 0.136 e. The van der Waals surface area contributed by atoms with E-state index in [-0.39, 0.29) is 6.04 Å². The highest BCUT2D eigenvalue weighted by Gasteiger charge is 2.04. The first kappa shape index (κ1) is 8.68. The van der Waals surface area contributed by atoms with Crippen LogP contribution in [0.25, 0.3) is 5.65 Å². The van der Waals surface area contributed by atoms with Crippen molar-refractivity contribution in [3.05, 3.63) is 36.3 Å². The second-order valence-corrected chi connectivity index (χ2v) is 3.06. The monoisotopic (exact) mass is 189 g/mol. The molecule has 1 atom stereocenters. The summed E-state index contributed by atoms with van der Waals surface area (Å²) in [6.45, 7) is 1.94. The van der Waals surface area contributed by atoms with Crippen LogP contribution >= 0.6 is 0 Å². The van der Waals surface area contributed by atoms with Crippen molar-refractivity contribution < 1.29 is 0 Å². The predicted molar refractivity (Wildman–Crippen MR) is 52.7 cm³/mol. The van der Waals surface area contributed by atoms with Crippen molar-refractivity contribution in [1.82, 2.24) is 9.38 Å². The minimum absolute atomic E-state index is 0.0215. The molecule has 0 aliphatic heterocycles. The number of imidazole rings is 1. The summed E-state index contributed by atoms with van der Waals surface area (Å²) in [5.74, 6) is 5.00. The fraction of sp³-hybridized carbons (Fsp3) is 0.222. The van der Waals surface area contributed by atoms with E-state index < -0.39 is 0 Å². The van der Waals surface area contributed by atoms with Gasteiger partial charge < -0.3 is 10.2 Å². The van der Waals surface area contributed by atoms with Crippen LogP contribution in [0, 0.1) is 0 Å². The van der Waals surface area contributed by atoms with Crippen LogP contribution in [0.1, 0.15) is 18.5 Å². The molecule has 72 valence electrons. The van der Waals surface area contributed by atoms with Gasteiger partial charge in [0.15, 0.2) is 0 Å². The third-order valence-electron chi connectivity index (χ3n) is 2.13. The van der Waals surface area contributed by atoms with Gasteiger partial charge in [0.2, 0.25) is 0 Å². The quantitative estimate of drug-likeness (QED) is 0.444. The van der Waals surface area contributed by atoms with Crippen molar-refractivity contribution in [2.45, 2.75) is 13.0 Å². The third-order valence-corrected chi connectivity index (χ3v) is 2.13. The molecule has 14 heavy (non-hydrogen) atoms. The number of aromatic nitrogens is 2. The highest BCUT2D eigenvalue weighted by molar-refractivity contribution is 5.39. The maximum absolute atomic E-state index is 5.00. The number of pyridine rings is 1. The van der Waals surface area contributed by atoms with Gasteiger partial charge in [0, 0.05) is 18.6 Å². The zero-order valence-corrected chi connectivity index (χ0v) is 7.83. The first-order valence-electron chi connectivity index (χ1n) is 4.34. The Balaban J connectivity index is 2.43. The molecular formula is C9H11N5. The molecule has 0 radical (unpaired) electrons. The lowest BCUT2D eigenvalue weighted by atomic mass is 10.1. The van der Waals surface area contributed by atoms with E-state index in [2.05, 4.69) is 15.3 Å². The Morgan fingerprint density at radius 1 is 1.50 bits per heavy atom. The van der Waals surface area contributed by atoms with Crippen LogP contribution in [-0.2, 0) is 0 Å². The second kappa shape index (κ2) is 3.45. The van der Waals surface area contributed by atoms with Crippen LogP contribution in [0.5, 0.6) is 0 Å². The highest BCUT2D eigenvalue weighted by Crippen LogP contribution is 2.16. The molecular weight excluding hydrogens is 178 g/mol. The summed E-state index contributed by atoms with van der Waals surface area (Å²) in [5.41, 5.74) is 1.98. The van der Waals surface area contributed by atoms with Gasteiger partial charge in [-0.3, -0.25) is 0 Å². The van der Waals surface area contributed by atoms with E-state index in [9.17, 15) is 0 Å². The Hall–Kier alpha value is -1.91. The van der Waals surface area contributed by atoms with E-state index in [1.807, 2.05) is 35.9 Å². The van der Waals surface area contributed by atoms with Crippen LogP contribution in [-0.4, -0.2) is 9.38 Å². The minimum Gasteiger partial charge on any atom is -0.307 e. The van der Waals surface area contributed by atoms with E-state index in [0.29, 0.717) is 0 Å². The largest absolute Gasteiger partial charge is 0.307 e. The maximum atomic E-state index is 5.00. The molecule has 2 aromatic rings. The molecule has 0 aliphatic rings. The van der Waals surface area contributed by atoms with Gasteiger partial charge in [0.25, 0.3) is 0 Å². The van der Waals surface area contributed by atoms with Gasteiger partial charge in [0.1, 0.15) is 5.65 Å². The van der Waals surface area contributed by atoms with Gasteiger partial charge in [-0.05, 0) is 18.6 Å². The molecule has 2 rings (SSSR count). The minimum atomic E-state index is -0.0215. The number of nitrogens with zero attached hydrogens (tertiary/aromatic N) is 4. The SMILES string of the molecule is CC(N=NN)c1ccc2nccn2c1. The highest BCUT2D eigenvalue weighted by atomic mass is 15.3. The molecule has 2 heterocycles. The predicted octanol–water partition coefficient (Wildman–Crippen LogP) is 1.72. The van der Waals surface area contributed by atoms with Crippen LogP contribution in [0.15, 0.2) is 41.1 Å². The number of nitrogens with two attached hydrogens (primary N) is 1. The standard InChI is InChI=1S/C9H11N5/c1-7(12-13-10)8-2-3-9-11-4-5-14(9)6-8/h2-7H,1H3,(H2,10,12). The number of hydrogen-bond acceptors (Lipinski definition) is 3. The zero-order chi connectivity index (χ0) is 9.97. The lowest BCUT2D eigenvalue weighted by Gasteiger charge is -2.04. The first-order valence-corrected chi connectivity index (χ1v) is 4.34. The van der Waals surface area contributed by atoms with Gasteiger partial charge in [-0.25, -0.2) is 4.98 Å². The van der Waals surface area contributed by atoms with E-state index >= 15 is 0 Å². The second-order valence-electron chi connectivity index (χ2n) is 3.06. The van der Waals surface area contributed by atoms with E-state index in [1.165, 1.54) is 0 Å². The average Bonchev–Trinajstić information content (AvgIpc) is 2.64. The lowest BCUT2D eigenvalue weighted by Crippen LogP contribution is -1.93. The number of hydrogen-bond donors (Lipinski definition) is 1. The molecule has 5 nitrogen and oxygen atoms in total. The Kier molecular flexibility index (Phi) is 2.14. The fourth-order valence-electron chi connectivity index (χ4n) is 1.35. The Bertz CT molecular complexity index is 459. The molecule has 2 aromatic heterocycles. The summed E-state index contributed by atoms with van der Waals surface area (Å²) < 4.78 is 1.94. The summed E-state index contributed by atoms with van der Waals surface area (Å²) in [5, 5.41) is 7.13. The van der Waals surface area contributed by atoms with Crippen molar-refractivity contribution in [2.75, 3.05) is 0 Å². The average molecular weight is 189 g/mol. The van der Waals surface area contributed by atoms with E-state index in [0.717, 1.165) is 11.2 Å². The van der Waals surface area contributed by atoms with Crippen LogP contribution < -0.4 is 5.84 Å². The molecule has 0 aliphatic carbocycles. The molecule has 5 heteroatoms. The first-order chi connectivity index (χ1) is 6.81. The molecule has 0 fully saturated rings. The summed E-state index contributed by atoms with van der Waals surface area (Å²) in [4.78, 5) is 4.15. The lowest BCUT2D eigenvalue weighted by molar-refractivity contribution is 0.731. The van der Waals surface area contributed by atoms with Crippen molar-refractivity contribution in [3.63, 3.8) is 0 Å². The third kappa shape index (κ3) is 1.44. The normalized spacial score (nSPS) is 13.8. The Morgan fingerprint density at radius 3 is 3.14 bits per heavy atom. The van der Waals surface area contributed by atoms with Gasteiger partial charge in [-0.1, -0.05) is 11.3 Å². The smallest absolute Gasteiger partial charge is 0.136 e. The number of rotatable bonds is 2.